The van der Waals surface area contributed by atoms with Crippen LogP contribution in [0.25, 0.3) is 17.2 Å². The van der Waals surface area contributed by atoms with Crippen LogP contribution in [0.4, 0.5) is 10.1 Å². The molecule has 1 aliphatic carbocycles. The first-order chi connectivity index (χ1) is 16.1. The van der Waals surface area contributed by atoms with Crippen molar-refractivity contribution in [3.8, 4) is 0 Å². The normalized spacial score (nSPS) is 18.4. The van der Waals surface area contributed by atoms with E-state index in [1.165, 1.54) is 18.1 Å². The van der Waals surface area contributed by atoms with Crippen molar-refractivity contribution >= 4 is 28.9 Å². The number of carboxylic acids is 1. The molecule has 1 fully saturated rings. The third kappa shape index (κ3) is 4.27. The molecule has 1 atom stereocenters. The maximum Gasteiger partial charge on any atom is 0.328 e. The fourth-order valence-corrected chi connectivity index (χ4v) is 4.31. The molecular formula is C26H23FN4O2. The molecule has 2 aliphatic rings. The molecular weight excluding hydrogens is 419 g/mol. The summed E-state index contributed by atoms with van der Waals surface area (Å²) in [7, 11) is 0. The Bertz CT molecular complexity index is 1230. The Labute approximate surface area is 190 Å². The lowest BCUT2D eigenvalue weighted by Crippen LogP contribution is -2.15. The van der Waals surface area contributed by atoms with E-state index in [4.69, 9.17) is 5.11 Å². The summed E-state index contributed by atoms with van der Waals surface area (Å²) < 4.78 is 14.5. The highest BCUT2D eigenvalue weighted by Gasteiger charge is 2.29. The highest BCUT2D eigenvalue weighted by atomic mass is 19.1. The van der Waals surface area contributed by atoms with Crippen LogP contribution in [0.2, 0.25) is 0 Å². The van der Waals surface area contributed by atoms with Crippen LogP contribution in [-0.4, -0.2) is 21.0 Å². The van der Waals surface area contributed by atoms with Gasteiger partial charge in [-0.1, -0.05) is 42.8 Å². The van der Waals surface area contributed by atoms with Crippen molar-refractivity contribution in [2.45, 2.75) is 25.6 Å². The van der Waals surface area contributed by atoms with Gasteiger partial charge in [-0.2, -0.15) is 0 Å². The van der Waals surface area contributed by atoms with E-state index in [0.717, 1.165) is 41.3 Å². The number of aromatic nitrogens is 2. The van der Waals surface area contributed by atoms with E-state index in [9.17, 15) is 9.18 Å². The lowest BCUT2D eigenvalue weighted by atomic mass is 9.73. The van der Waals surface area contributed by atoms with Crippen molar-refractivity contribution < 1.29 is 14.3 Å². The SMILES string of the molecule is O=C(O)/C=C/c1cnc(/C(=C(\c2ccccc2)C2CCC2)c2ccc3c(c2)C(F)NN3)cn1. The van der Waals surface area contributed by atoms with Gasteiger partial charge in [-0.15, -0.1) is 0 Å². The second kappa shape index (κ2) is 8.96. The summed E-state index contributed by atoms with van der Waals surface area (Å²) in [5, 5.41) is 8.87. The molecule has 0 bridgehead atoms. The molecule has 7 heteroatoms. The Kier molecular flexibility index (Phi) is 5.71. The van der Waals surface area contributed by atoms with E-state index in [0.29, 0.717) is 22.9 Å². The van der Waals surface area contributed by atoms with Crippen LogP contribution < -0.4 is 10.9 Å². The predicted octanol–water partition coefficient (Wildman–Crippen LogP) is 5.23. The van der Waals surface area contributed by atoms with Gasteiger partial charge in [0, 0.05) is 17.2 Å². The second-order valence-corrected chi connectivity index (χ2v) is 8.21. The summed E-state index contributed by atoms with van der Waals surface area (Å²) >= 11 is 0. The summed E-state index contributed by atoms with van der Waals surface area (Å²) in [6.07, 6.45) is 7.71. The molecule has 2 heterocycles. The maximum atomic E-state index is 14.5. The van der Waals surface area contributed by atoms with Crippen LogP contribution >= 0.6 is 0 Å². The fraction of sp³-hybridized carbons (Fsp3) is 0.192. The monoisotopic (exact) mass is 442 g/mol. The highest BCUT2D eigenvalue weighted by molar-refractivity contribution is 5.99. The molecule has 5 rings (SSSR count). The Morgan fingerprint density at radius 3 is 2.55 bits per heavy atom. The molecule has 0 spiro atoms. The Morgan fingerprint density at radius 2 is 1.88 bits per heavy atom. The van der Waals surface area contributed by atoms with E-state index in [1.807, 2.05) is 36.4 Å². The van der Waals surface area contributed by atoms with Crippen molar-refractivity contribution in [3.63, 3.8) is 0 Å². The average Bonchev–Trinajstić information content (AvgIpc) is 3.17. The van der Waals surface area contributed by atoms with E-state index >= 15 is 0 Å². The van der Waals surface area contributed by atoms with Crippen LogP contribution in [0.3, 0.4) is 0 Å². The number of allylic oxidation sites excluding steroid dienone is 1. The zero-order valence-electron chi connectivity index (χ0n) is 17.8. The smallest absolute Gasteiger partial charge is 0.328 e. The molecule has 0 amide bonds. The number of nitrogens with one attached hydrogen (secondary N) is 2. The summed E-state index contributed by atoms with van der Waals surface area (Å²) in [5.74, 6) is -0.666. The number of anilines is 1. The number of hydrogen-bond donors (Lipinski definition) is 3. The van der Waals surface area contributed by atoms with Crippen molar-refractivity contribution in [1.29, 1.82) is 0 Å². The van der Waals surface area contributed by atoms with Crippen LogP contribution in [0.5, 0.6) is 0 Å². The van der Waals surface area contributed by atoms with Crippen molar-refractivity contribution in [2.75, 3.05) is 5.43 Å². The van der Waals surface area contributed by atoms with Gasteiger partial charge in [-0.05, 0) is 53.7 Å². The molecule has 2 aromatic carbocycles. The van der Waals surface area contributed by atoms with Crippen LogP contribution in [0.15, 0.2) is 67.0 Å². The Hall–Kier alpha value is -3.84. The predicted molar refractivity (Wildman–Crippen MR) is 125 cm³/mol. The standard InChI is InChI=1S/C26H23FN4O2/c27-26-20-13-18(9-11-21(20)30-31-26)25(22-15-28-19(14-29-22)10-12-23(32)33)24(17-7-4-8-17)16-5-2-1-3-6-16/h1-3,5-6,9-15,17,26,30-31H,4,7-8H2,(H,32,33)/b12-10+,25-24+. The van der Waals surface area contributed by atoms with Gasteiger partial charge in [0.1, 0.15) is 0 Å². The van der Waals surface area contributed by atoms with E-state index in [2.05, 4.69) is 33.0 Å². The molecule has 6 nitrogen and oxygen atoms in total. The molecule has 166 valence electrons. The zero-order chi connectivity index (χ0) is 22.8. The minimum atomic E-state index is -1.29. The lowest BCUT2D eigenvalue weighted by molar-refractivity contribution is -0.131. The minimum absolute atomic E-state index is 0.376. The summed E-state index contributed by atoms with van der Waals surface area (Å²) in [6, 6.07) is 15.9. The third-order valence-corrected chi connectivity index (χ3v) is 6.14. The number of hydrogen-bond acceptors (Lipinski definition) is 5. The largest absolute Gasteiger partial charge is 0.478 e. The van der Waals surface area contributed by atoms with Gasteiger partial charge >= 0.3 is 5.97 Å². The van der Waals surface area contributed by atoms with Gasteiger partial charge in [-0.3, -0.25) is 9.97 Å². The number of rotatable bonds is 6. The van der Waals surface area contributed by atoms with Crippen molar-refractivity contribution in [1.82, 2.24) is 15.4 Å². The molecule has 1 unspecified atom stereocenters. The first-order valence-electron chi connectivity index (χ1n) is 10.9. The van der Waals surface area contributed by atoms with Gasteiger partial charge < -0.3 is 10.5 Å². The van der Waals surface area contributed by atoms with Crippen molar-refractivity contribution in [2.24, 2.45) is 5.92 Å². The molecule has 0 radical (unpaired) electrons. The molecule has 1 aromatic heterocycles. The number of alkyl halides is 1. The van der Waals surface area contributed by atoms with Crippen LogP contribution in [0, 0.1) is 5.92 Å². The van der Waals surface area contributed by atoms with Crippen LogP contribution in [0.1, 0.15) is 53.6 Å². The summed E-state index contributed by atoms with van der Waals surface area (Å²) in [6.45, 7) is 0. The number of benzene rings is 2. The number of carboxylic acid groups (broad SMARTS) is 1. The van der Waals surface area contributed by atoms with Gasteiger partial charge in [0.25, 0.3) is 0 Å². The quantitative estimate of drug-likeness (QED) is 0.275. The van der Waals surface area contributed by atoms with E-state index in [-0.39, 0.29) is 0 Å². The Morgan fingerprint density at radius 1 is 1.06 bits per heavy atom. The molecule has 0 saturated heterocycles. The first-order valence-corrected chi connectivity index (χ1v) is 10.9. The van der Waals surface area contributed by atoms with Crippen molar-refractivity contribution in [3.05, 3.63) is 95.1 Å². The molecule has 33 heavy (non-hydrogen) atoms. The van der Waals surface area contributed by atoms with Gasteiger partial charge in [-0.25, -0.2) is 14.6 Å². The van der Waals surface area contributed by atoms with Gasteiger partial charge in [0.2, 0.25) is 0 Å². The highest BCUT2D eigenvalue weighted by Crippen LogP contribution is 2.45. The van der Waals surface area contributed by atoms with Gasteiger partial charge in [0.15, 0.2) is 6.30 Å². The first kappa shape index (κ1) is 21.0. The molecule has 3 aromatic rings. The maximum absolute atomic E-state index is 14.5. The molecule has 1 aliphatic heterocycles. The second-order valence-electron chi connectivity index (χ2n) is 8.21. The molecule has 3 N–H and O–H groups in total. The average molecular weight is 442 g/mol. The van der Waals surface area contributed by atoms with E-state index in [1.54, 1.807) is 12.4 Å². The summed E-state index contributed by atoms with van der Waals surface area (Å²) in [4.78, 5) is 19.9. The van der Waals surface area contributed by atoms with Crippen LogP contribution in [-0.2, 0) is 4.79 Å². The number of aliphatic carboxylic acids is 1. The summed E-state index contributed by atoms with van der Waals surface area (Å²) in [5.41, 5.74) is 12.0. The number of nitrogens with zero attached hydrogens (tertiary/aromatic N) is 2. The molecule has 1 saturated carbocycles. The topological polar surface area (TPSA) is 87.1 Å². The number of halogens is 1. The number of carbonyl (C=O) groups is 1. The number of fused-ring (bicyclic) bond motifs is 1. The van der Waals surface area contributed by atoms with E-state index < -0.39 is 12.3 Å². The zero-order valence-corrected chi connectivity index (χ0v) is 17.8. The number of hydrazine groups is 1. The fourth-order valence-electron chi connectivity index (χ4n) is 4.31. The van der Waals surface area contributed by atoms with Gasteiger partial charge in [0.05, 0.1) is 29.5 Å². The minimum Gasteiger partial charge on any atom is -0.478 e. The third-order valence-electron chi connectivity index (χ3n) is 6.14. The lowest BCUT2D eigenvalue weighted by Gasteiger charge is -2.31. The Balaban J connectivity index is 1.69.